The number of anilines is 1. The second-order valence-corrected chi connectivity index (χ2v) is 9.73. The largest absolute Gasteiger partial charge is 0.416 e. The molecular weight excluding hydrogens is 523 g/mol. The van der Waals surface area contributed by atoms with E-state index in [-0.39, 0.29) is 30.4 Å². The summed E-state index contributed by atoms with van der Waals surface area (Å²) < 4.78 is 41.0. The van der Waals surface area contributed by atoms with Gasteiger partial charge in [-0.3, -0.25) is 14.9 Å². The van der Waals surface area contributed by atoms with Crippen LogP contribution in [0.2, 0.25) is 0 Å². The Hall–Kier alpha value is -4.67. The third kappa shape index (κ3) is 5.40. The number of rotatable bonds is 5. The maximum atomic E-state index is 13.8. The molecule has 1 aliphatic rings. The van der Waals surface area contributed by atoms with Gasteiger partial charge in [-0.15, -0.1) is 0 Å². The number of aryl methyl sites for hydroxylation is 2. The quantitative estimate of drug-likeness (QED) is 0.224. The summed E-state index contributed by atoms with van der Waals surface area (Å²) >= 11 is 0. The lowest BCUT2D eigenvalue weighted by Crippen LogP contribution is -2.49. The van der Waals surface area contributed by atoms with E-state index >= 15 is 0 Å². The van der Waals surface area contributed by atoms with Crippen LogP contribution in [0.1, 0.15) is 27.2 Å². The second-order valence-electron chi connectivity index (χ2n) is 9.73. The van der Waals surface area contributed by atoms with Crippen LogP contribution in [0, 0.1) is 24.0 Å². The SMILES string of the molecule is Cc1ccc(-c2cc(C(=O)N3CCN(c4cccc(C(F)(F)F)c4)CC3)n(-c3cccc([N+](=O)[O-])c3)n2)cc1C. The van der Waals surface area contributed by atoms with E-state index in [1.165, 1.54) is 28.9 Å². The molecule has 0 saturated carbocycles. The number of halogens is 3. The van der Waals surface area contributed by atoms with Crippen molar-refractivity contribution in [3.8, 4) is 16.9 Å². The summed E-state index contributed by atoms with van der Waals surface area (Å²) in [6.07, 6.45) is -4.44. The third-order valence-electron chi connectivity index (χ3n) is 7.12. The van der Waals surface area contributed by atoms with Gasteiger partial charge in [-0.25, -0.2) is 4.68 Å². The number of piperazine rings is 1. The molecule has 0 bridgehead atoms. The van der Waals surface area contributed by atoms with Crippen molar-refractivity contribution < 1.29 is 22.9 Å². The van der Waals surface area contributed by atoms with Gasteiger partial charge in [0.15, 0.2) is 0 Å². The maximum Gasteiger partial charge on any atom is 0.416 e. The minimum atomic E-state index is -4.44. The zero-order chi connectivity index (χ0) is 28.6. The first-order chi connectivity index (χ1) is 19.0. The number of alkyl halides is 3. The molecular formula is C29H26F3N5O3. The summed E-state index contributed by atoms with van der Waals surface area (Å²) in [6.45, 7) is 5.24. The molecule has 1 amide bonds. The lowest BCUT2D eigenvalue weighted by molar-refractivity contribution is -0.384. The van der Waals surface area contributed by atoms with Gasteiger partial charge in [-0.05, 0) is 61.4 Å². The van der Waals surface area contributed by atoms with Gasteiger partial charge in [0.05, 0.1) is 21.9 Å². The van der Waals surface area contributed by atoms with Crippen molar-refractivity contribution >= 4 is 17.3 Å². The van der Waals surface area contributed by atoms with E-state index in [4.69, 9.17) is 0 Å². The standard InChI is InChI=1S/C29H26F3N5O3/c1-19-9-10-21(15-20(19)2)26-18-27(36(33-26)24-7-4-8-25(17-24)37(39)40)28(38)35-13-11-34(12-14-35)23-6-3-5-22(16-23)29(30,31)32/h3-10,15-18H,11-14H2,1-2H3. The highest BCUT2D eigenvalue weighted by Gasteiger charge is 2.32. The zero-order valence-electron chi connectivity index (χ0n) is 21.9. The molecule has 5 rings (SSSR count). The van der Waals surface area contributed by atoms with Crippen LogP contribution in [-0.4, -0.2) is 51.7 Å². The molecule has 0 N–H and O–H groups in total. The Labute approximate surface area is 228 Å². The molecule has 0 radical (unpaired) electrons. The summed E-state index contributed by atoms with van der Waals surface area (Å²) in [7, 11) is 0. The Morgan fingerprint density at radius 2 is 1.57 bits per heavy atom. The summed E-state index contributed by atoms with van der Waals surface area (Å²) in [5.74, 6) is -0.321. The van der Waals surface area contributed by atoms with Crippen LogP contribution >= 0.6 is 0 Å². The van der Waals surface area contributed by atoms with E-state index < -0.39 is 16.7 Å². The van der Waals surface area contributed by atoms with Crippen LogP contribution in [0.4, 0.5) is 24.5 Å². The molecule has 0 unspecified atom stereocenters. The number of non-ortho nitro benzene ring substituents is 1. The van der Waals surface area contributed by atoms with Gasteiger partial charge in [0.25, 0.3) is 11.6 Å². The minimum absolute atomic E-state index is 0.131. The fourth-order valence-corrected chi connectivity index (χ4v) is 4.72. The Kier molecular flexibility index (Phi) is 7.05. The van der Waals surface area contributed by atoms with E-state index in [1.54, 1.807) is 23.1 Å². The smallest absolute Gasteiger partial charge is 0.368 e. The molecule has 8 nitrogen and oxygen atoms in total. The van der Waals surface area contributed by atoms with Crippen molar-refractivity contribution in [2.24, 2.45) is 0 Å². The van der Waals surface area contributed by atoms with Crippen LogP contribution in [0.3, 0.4) is 0 Å². The van der Waals surface area contributed by atoms with Crippen molar-refractivity contribution in [1.29, 1.82) is 0 Å². The molecule has 2 heterocycles. The fourth-order valence-electron chi connectivity index (χ4n) is 4.72. The Morgan fingerprint density at radius 1 is 0.875 bits per heavy atom. The van der Waals surface area contributed by atoms with Crippen molar-refractivity contribution in [1.82, 2.24) is 14.7 Å². The van der Waals surface area contributed by atoms with Gasteiger partial charge in [-0.1, -0.05) is 24.3 Å². The molecule has 3 aromatic carbocycles. The molecule has 1 fully saturated rings. The normalized spacial score (nSPS) is 13.9. The van der Waals surface area contributed by atoms with Gasteiger partial charge in [0.2, 0.25) is 0 Å². The predicted molar refractivity (Wildman–Crippen MR) is 145 cm³/mol. The van der Waals surface area contributed by atoms with Crippen LogP contribution < -0.4 is 4.90 Å². The van der Waals surface area contributed by atoms with Gasteiger partial charge in [0, 0.05) is 49.6 Å². The first-order valence-electron chi connectivity index (χ1n) is 12.7. The van der Waals surface area contributed by atoms with Crippen molar-refractivity contribution in [3.63, 3.8) is 0 Å². The number of aromatic nitrogens is 2. The number of amides is 1. The average Bonchev–Trinajstić information content (AvgIpc) is 3.39. The molecule has 40 heavy (non-hydrogen) atoms. The van der Waals surface area contributed by atoms with E-state index in [0.29, 0.717) is 30.2 Å². The van der Waals surface area contributed by atoms with Crippen molar-refractivity contribution in [2.75, 3.05) is 31.1 Å². The van der Waals surface area contributed by atoms with E-state index in [2.05, 4.69) is 5.10 Å². The number of carbonyl (C=O) groups is 1. The van der Waals surface area contributed by atoms with Gasteiger partial charge in [-0.2, -0.15) is 18.3 Å². The highest BCUT2D eigenvalue weighted by molar-refractivity contribution is 5.94. The predicted octanol–water partition coefficient (Wildman–Crippen LogP) is 6.05. The number of nitrogens with zero attached hydrogens (tertiary/aromatic N) is 5. The average molecular weight is 550 g/mol. The molecule has 0 spiro atoms. The molecule has 11 heteroatoms. The van der Waals surface area contributed by atoms with E-state index in [0.717, 1.165) is 28.8 Å². The topological polar surface area (TPSA) is 84.5 Å². The monoisotopic (exact) mass is 549 g/mol. The Morgan fingerprint density at radius 3 is 2.25 bits per heavy atom. The maximum absolute atomic E-state index is 13.8. The molecule has 206 valence electrons. The van der Waals surface area contributed by atoms with Gasteiger partial charge in [0.1, 0.15) is 5.69 Å². The molecule has 0 atom stereocenters. The van der Waals surface area contributed by atoms with Crippen LogP contribution in [-0.2, 0) is 6.18 Å². The lowest BCUT2D eigenvalue weighted by Gasteiger charge is -2.36. The van der Waals surface area contributed by atoms with Crippen LogP contribution in [0.15, 0.2) is 72.8 Å². The fraction of sp³-hybridized carbons (Fsp3) is 0.241. The van der Waals surface area contributed by atoms with Crippen molar-refractivity contribution in [3.05, 3.63) is 105 Å². The highest BCUT2D eigenvalue weighted by Crippen LogP contribution is 2.32. The molecule has 1 saturated heterocycles. The highest BCUT2D eigenvalue weighted by atomic mass is 19.4. The first-order valence-corrected chi connectivity index (χ1v) is 12.7. The van der Waals surface area contributed by atoms with E-state index in [9.17, 15) is 28.1 Å². The summed E-state index contributed by atoms with van der Waals surface area (Å²) in [6, 6.07) is 18.6. The van der Waals surface area contributed by atoms with Crippen LogP contribution in [0.25, 0.3) is 16.9 Å². The number of hydrogen-bond acceptors (Lipinski definition) is 5. The number of nitro groups is 1. The summed E-state index contributed by atoms with van der Waals surface area (Å²) in [4.78, 5) is 28.1. The third-order valence-corrected chi connectivity index (χ3v) is 7.12. The number of benzene rings is 3. The minimum Gasteiger partial charge on any atom is -0.368 e. The van der Waals surface area contributed by atoms with Gasteiger partial charge >= 0.3 is 6.18 Å². The zero-order valence-corrected chi connectivity index (χ0v) is 21.9. The first kappa shape index (κ1) is 26.9. The lowest BCUT2D eigenvalue weighted by atomic mass is 10.0. The molecule has 1 aromatic heterocycles. The molecule has 1 aliphatic heterocycles. The summed E-state index contributed by atoms with van der Waals surface area (Å²) in [5.41, 5.74) is 3.71. The second kappa shape index (κ2) is 10.5. The summed E-state index contributed by atoms with van der Waals surface area (Å²) in [5, 5.41) is 16.1. The van der Waals surface area contributed by atoms with Crippen molar-refractivity contribution in [2.45, 2.75) is 20.0 Å². The van der Waals surface area contributed by atoms with Crippen LogP contribution in [0.5, 0.6) is 0 Å². The number of carbonyl (C=O) groups excluding carboxylic acids is 1. The van der Waals surface area contributed by atoms with Gasteiger partial charge < -0.3 is 9.80 Å². The molecule has 4 aromatic rings. The Balaban J connectivity index is 1.44. The van der Waals surface area contributed by atoms with E-state index in [1.807, 2.05) is 36.9 Å². The number of hydrogen-bond donors (Lipinski definition) is 0. The Bertz CT molecular complexity index is 1590. The molecule has 0 aliphatic carbocycles. The number of nitro benzene ring substituents is 1.